The molecular weight excluding hydrogens is 374 g/mol. The Hall–Kier alpha value is -2.51. The Morgan fingerprint density at radius 2 is 1.93 bits per heavy atom. The molecule has 1 aliphatic rings. The molecule has 0 spiro atoms. The van der Waals surface area contributed by atoms with Crippen LogP contribution in [0.5, 0.6) is 5.75 Å². The van der Waals surface area contributed by atoms with E-state index in [1.54, 1.807) is 6.07 Å². The molecule has 1 aromatic heterocycles. The third kappa shape index (κ3) is 3.17. The van der Waals surface area contributed by atoms with Crippen molar-refractivity contribution in [2.75, 3.05) is 38.2 Å². The molecule has 3 aromatic rings. The number of fused-ring (bicyclic) bond motifs is 1. The summed E-state index contributed by atoms with van der Waals surface area (Å²) in [6.45, 7) is 3.32. The van der Waals surface area contributed by atoms with Crippen molar-refractivity contribution < 1.29 is 13.5 Å². The third-order valence-corrected chi connectivity index (χ3v) is 4.93. The predicted molar refractivity (Wildman–Crippen MR) is 102 cm³/mol. The summed E-state index contributed by atoms with van der Waals surface area (Å²) in [5.41, 5.74) is 1.03. The molecule has 1 aliphatic heterocycles. The van der Waals surface area contributed by atoms with Gasteiger partial charge in [-0.05, 0) is 18.2 Å². The summed E-state index contributed by atoms with van der Waals surface area (Å²) in [5.74, 6) is -0.281. The number of halogens is 3. The average molecular weight is 391 g/mol. The molecule has 0 saturated carbocycles. The van der Waals surface area contributed by atoms with Gasteiger partial charge in [0.25, 0.3) is 0 Å². The first-order valence-corrected chi connectivity index (χ1v) is 8.90. The fraction of sp³-hybridized carbons (Fsp3) is 0.263. The maximum atomic E-state index is 14.4. The Labute approximate surface area is 159 Å². The van der Waals surface area contributed by atoms with Gasteiger partial charge < -0.3 is 15.0 Å². The molecule has 0 atom stereocenters. The van der Waals surface area contributed by atoms with Gasteiger partial charge in [0.05, 0.1) is 12.1 Å². The average Bonchev–Trinajstić information content (AvgIpc) is 2.68. The maximum absolute atomic E-state index is 14.4. The number of nitrogens with zero attached hydrogens (tertiary/aromatic N) is 3. The first-order valence-electron chi connectivity index (χ1n) is 8.52. The smallest absolute Gasteiger partial charge is 0.154 e. The van der Waals surface area contributed by atoms with E-state index in [-0.39, 0.29) is 10.6 Å². The second kappa shape index (κ2) is 7.25. The quantitative estimate of drug-likeness (QED) is 0.739. The summed E-state index contributed by atoms with van der Waals surface area (Å²) in [6, 6.07) is 5.07. The van der Waals surface area contributed by atoms with E-state index in [9.17, 15) is 8.78 Å². The van der Waals surface area contributed by atoms with E-state index >= 15 is 0 Å². The standard InChI is InChI=1S/C19H17ClF2N4O/c1-27-18-16(12-3-2-11(21)8-15(12)22)14(20)9-13-17(18)24-10-25-19(13)26-6-4-23-5-7-26/h2-3,8-10,23H,4-7H2,1H3. The first kappa shape index (κ1) is 17.9. The van der Waals surface area contributed by atoms with Gasteiger partial charge in [0.2, 0.25) is 0 Å². The number of anilines is 1. The van der Waals surface area contributed by atoms with Gasteiger partial charge in [0.1, 0.15) is 29.3 Å². The monoisotopic (exact) mass is 390 g/mol. The zero-order chi connectivity index (χ0) is 19.0. The molecule has 140 valence electrons. The van der Waals surface area contributed by atoms with E-state index in [4.69, 9.17) is 16.3 Å². The Morgan fingerprint density at radius 3 is 2.63 bits per heavy atom. The van der Waals surface area contributed by atoms with Crippen LogP contribution in [0.2, 0.25) is 5.02 Å². The zero-order valence-electron chi connectivity index (χ0n) is 14.6. The van der Waals surface area contributed by atoms with Crippen LogP contribution in [0.15, 0.2) is 30.6 Å². The fourth-order valence-corrected chi connectivity index (χ4v) is 3.69. The van der Waals surface area contributed by atoms with Gasteiger partial charge in [-0.3, -0.25) is 0 Å². The molecule has 0 radical (unpaired) electrons. The summed E-state index contributed by atoms with van der Waals surface area (Å²) in [6.07, 6.45) is 1.46. The lowest BCUT2D eigenvalue weighted by Gasteiger charge is -2.29. The molecule has 0 aliphatic carbocycles. The van der Waals surface area contributed by atoms with Crippen LogP contribution in [0, 0.1) is 11.6 Å². The van der Waals surface area contributed by atoms with Crippen molar-refractivity contribution in [2.45, 2.75) is 0 Å². The Balaban J connectivity index is 1.96. The first-order chi connectivity index (χ1) is 13.1. The topological polar surface area (TPSA) is 50.3 Å². The summed E-state index contributed by atoms with van der Waals surface area (Å²) < 4.78 is 33.3. The van der Waals surface area contributed by atoms with Gasteiger partial charge in [-0.2, -0.15) is 0 Å². The highest BCUT2D eigenvalue weighted by molar-refractivity contribution is 6.35. The van der Waals surface area contributed by atoms with Crippen LogP contribution in [0.1, 0.15) is 0 Å². The van der Waals surface area contributed by atoms with Crippen LogP contribution in [-0.4, -0.2) is 43.3 Å². The molecule has 27 heavy (non-hydrogen) atoms. The van der Waals surface area contributed by atoms with Crippen molar-refractivity contribution in [1.82, 2.24) is 15.3 Å². The van der Waals surface area contributed by atoms with E-state index in [2.05, 4.69) is 20.2 Å². The molecule has 4 rings (SSSR count). The van der Waals surface area contributed by atoms with Crippen molar-refractivity contribution in [3.05, 3.63) is 47.2 Å². The van der Waals surface area contributed by atoms with Gasteiger partial charge in [-0.15, -0.1) is 0 Å². The Morgan fingerprint density at radius 1 is 1.15 bits per heavy atom. The Kier molecular flexibility index (Phi) is 4.80. The number of hydrogen-bond donors (Lipinski definition) is 1. The molecule has 1 fully saturated rings. The minimum absolute atomic E-state index is 0.155. The highest BCUT2D eigenvalue weighted by Crippen LogP contribution is 2.44. The van der Waals surface area contributed by atoms with E-state index < -0.39 is 11.6 Å². The summed E-state index contributed by atoms with van der Waals surface area (Å²) in [7, 11) is 1.47. The van der Waals surface area contributed by atoms with Crippen LogP contribution < -0.4 is 15.0 Å². The second-order valence-electron chi connectivity index (χ2n) is 6.22. The third-order valence-electron chi connectivity index (χ3n) is 4.64. The van der Waals surface area contributed by atoms with Gasteiger partial charge in [0.15, 0.2) is 5.75 Å². The van der Waals surface area contributed by atoms with Crippen LogP contribution in [0.3, 0.4) is 0 Å². The predicted octanol–water partition coefficient (Wildman–Crippen LogP) is 3.65. The molecule has 0 amide bonds. The molecule has 5 nitrogen and oxygen atoms in total. The number of aromatic nitrogens is 2. The zero-order valence-corrected chi connectivity index (χ0v) is 15.4. The van der Waals surface area contributed by atoms with E-state index in [0.29, 0.717) is 16.8 Å². The lowest BCUT2D eigenvalue weighted by Crippen LogP contribution is -2.44. The minimum atomic E-state index is -0.717. The summed E-state index contributed by atoms with van der Waals surface area (Å²) in [5, 5.41) is 4.32. The maximum Gasteiger partial charge on any atom is 0.154 e. The van der Waals surface area contributed by atoms with Crippen molar-refractivity contribution >= 4 is 28.3 Å². The second-order valence-corrected chi connectivity index (χ2v) is 6.63. The van der Waals surface area contributed by atoms with Crippen LogP contribution >= 0.6 is 11.6 Å². The van der Waals surface area contributed by atoms with Crippen LogP contribution in [0.4, 0.5) is 14.6 Å². The van der Waals surface area contributed by atoms with Gasteiger partial charge in [-0.25, -0.2) is 18.7 Å². The van der Waals surface area contributed by atoms with Gasteiger partial charge in [0, 0.05) is 48.8 Å². The summed E-state index contributed by atoms with van der Waals surface area (Å²) in [4.78, 5) is 10.9. The number of piperazine rings is 1. The van der Waals surface area contributed by atoms with Crippen LogP contribution in [0.25, 0.3) is 22.0 Å². The molecule has 0 bridgehead atoms. The number of nitrogens with one attached hydrogen (secondary N) is 1. The molecule has 1 saturated heterocycles. The normalized spacial score (nSPS) is 14.6. The Bertz CT molecular complexity index is 1010. The van der Waals surface area contributed by atoms with E-state index in [0.717, 1.165) is 43.4 Å². The fourth-order valence-electron chi connectivity index (χ4n) is 3.40. The molecule has 2 heterocycles. The van der Waals surface area contributed by atoms with Crippen molar-refractivity contribution in [3.63, 3.8) is 0 Å². The molecule has 2 aromatic carbocycles. The lowest BCUT2D eigenvalue weighted by atomic mass is 10.0. The van der Waals surface area contributed by atoms with Crippen molar-refractivity contribution in [3.8, 4) is 16.9 Å². The summed E-state index contributed by atoms with van der Waals surface area (Å²) >= 11 is 6.52. The minimum Gasteiger partial charge on any atom is -0.494 e. The SMILES string of the molecule is COc1c(-c2ccc(F)cc2F)c(Cl)cc2c(N3CCNCC3)ncnc12. The van der Waals surface area contributed by atoms with Crippen molar-refractivity contribution in [2.24, 2.45) is 0 Å². The number of rotatable bonds is 3. The number of benzene rings is 2. The molecule has 1 N–H and O–H groups in total. The van der Waals surface area contributed by atoms with Crippen LogP contribution in [-0.2, 0) is 0 Å². The molecule has 8 heteroatoms. The van der Waals surface area contributed by atoms with Gasteiger partial charge in [-0.1, -0.05) is 11.6 Å². The van der Waals surface area contributed by atoms with E-state index in [1.165, 1.54) is 25.6 Å². The number of hydrogen-bond acceptors (Lipinski definition) is 5. The molecule has 0 unspecified atom stereocenters. The molecular formula is C19H17ClF2N4O. The van der Waals surface area contributed by atoms with Crippen molar-refractivity contribution in [1.29, 1.82) is 0 Å². The lowest BCUT2D eigenvalue weighted by molar-refractivity contribution is 0.420. The van der Waals surface area contributed by atoms with Gasteiger partial charge >= 0.3 is 0 Å². The number of methoxy groups -OCH3 is 1. The highest BCUT2D eigenvalue weighted by atomic mass is 35.5. The highest BCUT2D eigenvalue weighted by Gasteiger charge is 2.23. The van der Waals surface area contributed by atoms with E-state index in [1.807, 2.05) is 0 Å². The largest absolute Gasteiger partial charge is 0.494 e. The number of ether oxygens (including phenoxy) is 1.